The summed E-state index contributed by atoms with van der Waals surface area (Å²) in [5, 5.41) is 0. The van der Waals surface area contributed by atoms with E-state index in [0.717, 1.165) is 89.4 Å². The van der Waals surface area contributed by atoms with Gasteiger partial charge in [-0.2, -0.15) is 0 Å². The Morgan fingerprint density at radius 1 is 0.574 bits per heavy atom. The lowest BCUT2D eigenvalue weighted by Gasteiger charge is -2.16. The van der Waals surface area contributed by atoms with Gasteiger partial charge in [0.25, 0.3) is 5.56 Å². The van der Waals surface area contributed by atoms with Crippen molar-refractivity contribution in [3.8, 4) is 56.3 Å². The minimum Gasteiger partial charge on any atom is -0.382 e. The molecule has 3 N–H and O–H groups in total. The summed E-state index contributed by atoms with van der Waals surface area (Å²) < 4.78 is 18.3. The molecule has 8 aromatic rings. The van der Waals surface area contributed by atoms with Crippen molar-refractivity contribution in [3.63, 3.8) is 0 Å². The molecule has 0 radical (unpaired) electrons. The number of aromatic amines is 3. The van der Waals surface area contributed by atoms with Crippen LogP contribution in [-0.2, 0) is 14.2 Å². The van der Waals surface area contributed by atoms with Gasteiger partial charge in [0.15, 0.2) is 0 Å². The van der Waals surface area contributed by atoms with E-state index in [-0.39, 0.29) is 17.8 Å². The lowest BCUT2D eigenvalue weighted by molar-refractivity contribution is -0.0618. The topological polar surface area (TPSA) is 140 Å². The molecule has 3 atom stereocenters. The Balaban J connectivity index is 1.09. The van der Waals surface area contributed by atoms with Crippen LogP contribution in [-0.4, -0.2) is 62.5 Å². The van der Waals surface area contributed by atoms with E-state index in [1.54, 1.807) is 14.2 Å². The number of H-pyrrole nitrogens is 3. The zero-order valence-corrected chi connectivity index (χ0v) is 37.2. The molecule has 11 heteroatoms. The van der Waals surface area contributed by atoms with Crippen molar-refractivity contribution in [2.45, 2.75) is 24.9 Å². The second kappa shape index (κ2) is 18.1. The predicted octanol–water partition coefficient (Wildman–Crippen LogP) is 10.5. The summed E-state index contributed by atoms with van der Waals surface area (Å²) in [4.78, 5) is 46.8. The van der Waals surface area contributed by atoms with Gasteiger partial charge >= 0.3 is 5.69 Å². The van der Waals surface area contributed by atoms with Crippen molar-refractivity contribution in [1.29, 1.82) is 0 Å². The van der Waals surface area contributed by atoms with Crippen LogP contribution in [0.15, 0.2) is 155 Å². The first-order chi connectivity index (χ1) is 33.4. The number of fused-ring (bicyclic) bond motifs is 8. The highest BCUT2D eigenvalue weighted by atomic mass is 16.6. The Morgan fingerprint density at radius 3 is 1.56 bits per heavy atom. The van der Waals surface area contributed by atoms with E-state index in [1.165, 1.54) is 10.8 Å². The van der Waals surface area contributed by atoms with E-state index in [4.69, 9.17) is 24.2 Å². The lowest BCUT2D eigenvalue weighted by atomic mass is 10.0. The van der Waals surface area contributed by atoms with Crippen LogP contribution in [0.25, 0.3) is 90.9 Å². The molecule has 0 amide bonds. The van der Waals surface area contributed by atoms with Gasteiger partial charge in [-0.1, -0.05) is 115 Å². The second-order valence-corrected chi connectivity index (χ2v) is 16.7. The van der Waals surface area contributed by atoms with Crippen LogP contribution in [0, 0.1) is 11.8 Å². The van der Waals surface area contributed by atoms with Crippen molar-refractivity contribution in [2.75, 3.05) is 20.8 Å². The normalized spacial score (nSPS) is 16.2. The Kier molecular flexibility index (Phi) is 11.3. The van der Waals surface area contributed by atoms with Gasteiger partial charge in [-0.05, 0) is 83.0 Å². The Bertz CT molecular complexity index is 3630. The van der Waals surface area contributed by atoms with Gasteiger partial charge in [-0.3, -0.25) is 14.3 Å². The first kappa shape index (κ1) is 42.2. The summed E-state index contributed by atoms with van der Waals surface area (Å²) in [6.45, 7) is 0.305. The van der Waals surface area contributed by atoms with Crippen LogP contribution in [0.2, 0.25) is 0 Å². The number of methoxy groups -OCH3 is 2. The fourth-order valence-electron chi connectivity index (χ4n) is 9.32. The summed E-state index contributed by atoms with van der Waals surface area (Å²) in [5.41, 5.74) is 14.3. The van der Waals surface area contributed by atoms with Crippen molar-refractivity contribution >= 4 is 46.4 Å². The van der Waals surface area contributed by atoms with E-state index in [9.17, 15) is 9.59 Å². The Hall–Kier alpha value is -8.40. The second-order valence-electron chi connectivity index (χ2n) is 16.7. The van der Waals surface area contributed by atoms with Gasteiger partial charge in [0.1, 0.15) is 17.9 Å². The molecule has 4 aromatic heterocycles. The van der Waals surface area contributed by atoms with E-state index in [1.807, 2.05) is 54.6 Å². The number of benzene rings is 4. The fraction of sp³-hybridized carbons (Fsp3) is 0.123. The molecule has 1 saturated heterocycles. The SMILES string of the molecule is COCC1O[C@@H](n2cc(C#Cc3ccc(-c4c5nc(c(-c6ccccc6)c6nc(c(-c7ccccc7)c7ccc([nH]7)c(-c7ccccc7)c7ccc4[nH]7)C=C6)C=C5)cc3)c(=O)[nH]c2=O)C[C@H]1OC. The molecule has 4 aromatic carbocycles. The molecule has 3 aliphatic rings. The Labute approximate surface area is 391 Å². The largest absolute Gasteiger partial charge is 0.382 e. The van der Waals surface area contributed by atoms with Gasteiger partial charge in [0.2, 0.25) is 0 Å². The maximum Gasteiger partial charge on any atom is 0.330 e. The van der Waals surface area contributed by atoms with Crippen molar-refractivity contribution in [1.82, 2.24) is 29.5 Å². The van der Waals surface area contributed by atoms with Crippen LogP contribution in [0.5, 0.6) is 0 Å². The molecular formula is C57H44N6O5. The summed E-state index contributed by atoms with van der Waals surface area (Å²) in [5.74, 6) is 6.14. The quantitative estimate of drug-likeness (QED) is 0.129. The van der Waals surface area contributed by atoms with Crippen LogP contribution < -0.4 is 11.2 Å². The standard InChI is InChI=1S/C57H44N6O5/c1-66-34-50-49(67-2)32-51(68-50)63-33-40(56(64)62-57(63)65)23-20-35-18-21-39(22-19-35)55-47-30-28-45(60-47)53(37-14-8-4-9-15-37)43-26-24-41(58-43)52(36-12-6-3-7-13-36)42-25-27-44(59-42)54(38-16-10-5-11-17-38)46-29-31-48(55)61-46/h3-19,21-22,24-31,33,49-51,58,60H,32,34H2,1-2H3,(H,62,64,65)/t49-,50?,51-/m1/s1. The summed E-state index contributed by atoms with van der Waals surface area (Å²) in [7, 11) is 3.18. The zero-order chi connectivity index (χ0) is 46.1. The molecule has 7 heterocycles. The minimum atomic E-state index is -0.652. The molecule has 11 nitrogen and oxygen atoms in total. The first-order valence-corrected chi connectivity index (χ1v) is 22.4. The molecule has 11 rings (SSSR count). The number of hydrogen-bond donors (Lipinski definition) is 3. The molecule has 0 aliphatic carbocycles. The molecule has 3 aliphatic heterocycles. The minimum absolute atomic E-state index is 0.131. The van der Waals surface area contributed by atoms with Gasteiger partial charge in [-0.25, -0.2) is 14.8 Å². The third kappa shape index (κ3) is 8.03. The molecule has 68 heavy (non-hydrogen) atoms. The number of nitrogens with zero attached hydrogens (tertiary/aromatic N) is 3. The molecular weight excluding hydrogens is 849 g/mol. The zero-order valence-electron chi connectivity index (χ0n) is 37.2. The van der Waals surface area contributed by atoms with Crippen LogP contribution >= 0.6 is 0 Å². The smallest absolute Gasteiger partial charge is 0.330 e. The third-order valence-electron chi connectivity index (χ3n) is 12.5. The van der Waals surface area contributed by atoms with Crippen molar-refractivity contribution in [3.05, 3.63) is 200 Å². The van der Waals surface area contributed by atoms with E-state index >= 15 is 0 Å². The van der Waals surface area contributed by atoms with Crippen molar-refractivity contribution in [2.24, 2.45) is 0 Å². The van der Waals surface area contributed by atoms with E-state index < -0.39 is 17.5 Å². The van der Waals surface area contributed by atoms with Crippen molar-refractivity contribution < 1.29 is 14.2 Å². The average Bonchev–Trinajstić information content (AvgIpc) is 4.25. The van der Waals surface area contributed by atoms with Gasteiger partial charge in [-0.15, -0.1) is 0 Å². The third-order valence-corrected chi connectivity index (χ3v) is 12.5. The van der Waals surface area contributed by atoms with Crippen LogP contribution in [0.4, 0.5) is 0 Å². The molecule has 1 unspecified atom stereocenters. The predicted molar refractivity (Wildman–Crippen MR) is 269 cm³/mol. The number of nitrogens with one attached hydrogen (secondary N) is 3. The molecule has 0 spiro atoms. The number of ether oxygens (including phenoxy) is 3. The van der Waals surface area contributed by atoms with Gasteiger partial charge in [0, 0.05) is 76.7 Å². The number of hydrogen-bond acceptors (Lipinski definition) is 7. The highest BCUT2D eigenvalue weighted by Crippen LogP contribution is 2.38. The Morgan fingerprint density at radius 2 is 1.04 bits per heavy atom. The molecule has 1 fully saturated rings. The summed E-state index contributed by atoms with van der Waals surface area (Å²) in [6, 6.07) is 47.4. The number of rotatable bonds is 8. The maximum absolute atomic E-state index is 13.0. The number of aromatic nitrogens is 6. The maximum atomic E-state index is 13.0. The summed E-state index contributed by atoms with van der Waals surface area (Å²) >= 11 is 0. The highest BCUT2D eigenvalue weighted by Gasteiger charge is 2.37. The van der Waals surface area contributed by atoms with E-state index in [0.29, 0.717) is 18.6 Å². The van der Waals surface area contributed by atoms with Crippen LogP contribution in [0.1, 0.15) is 46.6 Å². The molecule has 0 saturated carbocycles. The molecule has 8 bridgehead atoms. The lowest BCUT2D eigenvalue weighted by Crippen LogP contribution is -2.33. The fourth-order valence-corrected chi connectivity index (χ4v) is 9.32. The summed E-state index contributed by atoms with van der Waals surface area (Å²) in [6.07, 6.45) is 8.88. The van der Waals surface area contributed by atoms with Crippen LogP contribution in [0.3, 0.4) is 0 Å². The van der Waals surface area contributed by atoms with Gasteiger partial charge in [0.05, 0.1) is 35.5 Å². The van der Waals surface area contributed by atoms with E-state index in [2.05, 4.69) is 136 Å². The molecule has 332 valence electrons. The first-order valence-electron chi connectivity index (χ1n) is 22.4. The highest BCUT2D eigenvalue weighted by molar-refractivity contribution is 6.00. The van der Waals surface area contributed by atoms with Gasteiger partial charge < -0.3 is 24.2 Å². The average molecular weight is 893 g/mol. The monoisotopic (exact) mass is 892 g/mol.